The maximum atomic E-state index is 13.1. The van der Waals surface area contributed by atoms with E-state index in [0.29, 0.717) is 16.5 Å². The normalized spacial score (nSPS) is 21.0. The van der Waals surface area contributed by atoms with Gasteiger partial charge in [-0.1, -0.05) is 0 Å². The van der Waals surface area contributed by atoms with Gasteiger partial charge in [-0.25, -0.2) is 8.78 Å². The third-order valence-corrected chi connectivity index (χ3v) is 3.29. The van der Waals surface area contributed by atoms with Crippen molar-refractivity contribution in [1.82, 2.24) is 5.01 Å². The van der Waals surface area contributed by atoms with Crippen molar-refractivity contribution in [2.75, 3.05) is 14.2 Å². The van der Waals surface area contributed by atoms with Crippen LogP contribution < -0.4 is 9.47 Å². The number of hydrogen-bond acceptors (Lipinski definition) is 5. The molecule has 8 heteroatoms. The highest BCUT2D eigenvalue weighted by Gasteiger charge is 2.51. The average Bonchev–Trinajstić information content (AvgIpc) is 2.82. The number of methoxy groups -OCH3 is 2. The molecule has 1 aromatic rings. The van der Waals surface area contributed by atoms with Crippen LogP contribution in [0.1, 0.15) is 23.7 Å². The number of halogens is 2. The number of hydrogen-bond donors (Lipinski definition) is 1. The van der Waals surface area contributed by atoms with Crippen LogP contribution in [0.15, 0.2) is 23.3 Å². The van der Waals surface area contributed by atoms with E-state index >= 15 is 0 Å². The topological polar surface area (TPSA) is 71.4 Å². The van der Waals surface area contributed by atoms with Gasteiger partial charge in [-0.15, -0.1) is 0 Å². The molecular formula is C14H16F2N2O4. The van der Waals surface area contributed by atoms with Crippen molar-refractivity contribution in [3.05, 3.63) is 23.8 Å². The molecule has 0 saturated heterocycles. The van der Waals surface area contributed by atoms with Crippen LogP contribution in [0.3, 0.4) is 0 Å². The lowest BCUT2D eigenvalue weighted by Gasteiger charge is -2.30. The molecule has 1 heterocycles. The minimum absolute atomic E-state index is 0.0220. The first-order chi connectivity index (χ1) is 10.3. The Hall–Kier alpha value is -2.22. The average molecular weight is 314 g/mol. The van der Waals surface area contributed by atoms with Gasteiger partial charge < -0.3 is 14.6 Å². The molecule has 0 saturated carbocycles. The van der Waals surface area contributed by atoms with Gasteiger partial charge in [0.1, 0.15) is 11.5 Å². The summed E-state index contributed by atoms with van der Waals surface area (Å²) < 4.78 is 36.4. The van der Waals surface area contributed by atoms with Crippen LogP contribution >= 0.6 is 0 Å². The smallest absolute Gasteiger partial charge is 0.287 e. The van der Waals surface area contributed by atoms with Crippen molar-refractivity contribution in [3.8, 4) is 11.5 Å². The summed E-state index contributed by atoms with van der Waals surface area (Å²) in [4.78, 5) is 12.5. The highest BCUT2D eigenvalue weighted by atomic mass is 19.3. The van der Waals surface area contributed by atoms with Crippen molar-refractivity contribution in [3.63, 3.8) is 0 Å². The standard InChI is InChI=1S/C14H16F2N2O4/c1-8-7-14(20,13(15)16)18(17-8)12(19)9-4-10(21-2)6-11(5-9)22-3/h4-6,13,20H,7H2,1-3H3/t14-/m0/s1. The Labute approximate surface area is 125 Å². The number of amides is 1. The maximum Gasteiger partial charge on any atom is 0.287 e. The van der Waals surface area contributed by atoms with E-state index in [1.165, 1.54) is 39.3 Å². The molecule has 6 nitrogen and oxygen atoms in total. The number of alkyl halides is 2. The summed E-state index contributed by atoms with van der Waals surface area (Å²) >= 11 is 0. The molecule has 0 aliphatic carbocycles. The minimum Gasteiger partial charge on any atom is -0.497 e. The molecule has 0 unspecified atom stereocenters. The van der Waals surface area contributed by atoms with Crippen molar-refractivity contribution >= 4 is 11.6 Å². The van der Waals surface area contributed by atoms with Crippen LogP contribution in [0.2, 0.25) is 0 Å². The number of rotatable bonds is 4. The molecule has 1 aromatic carbocycles. The lowest BCUT2D eigenvalue weighted by Crippen LogP contribution is -2.51. The second-order valence-electron chi connectivity index (χ2n) is 4.91. The van der Waals surface area contributed by atoms with Gasteiger partial charge >= 0.3 is 0 Å². The molecule has 1 aliphatic heterocycles. The zero-order valence-electron chi connectivity index (χ0n) is 12.3. The summed E-state index contributed by atoms with van der Waals surface area (Å²) in [5, 5.41) is 14.2. The summed E-state index contributed by atoms with van der Waals surface area (Å²) in [5.41, 5.74) is -2.38. The number of ether oxygens (including phenoxy) is 2. The zero-order valence-corrected chi connectivity index (χ0v) is 12.3. The Morgan fingerprint density at radius 3 is 2.32 bits per heavy atom. The first-order valence-electron chi connectivity index (χ1n) is 6.44. The molecule has 2 rings (SSSR count). The molecule has 1 aliphatic rings. The number of nitrogens with zero attached hydrogens (tertiary/aromatic N) is 2. The molecular weight excluding hydrogens is 298 g/mol. The minimum atomic E-state index is -3.15. The molecule has 1 N–H and O–H groups in total. The van der Waals surface area contributed by atoms with Gasteiger partial charge in [0.05, 0.1) is 14.2 Å². The second-order valence-corrected chi connectivity index (χ2v) is 4.91. The van der Waals surface area contributed by atoms with Gasteiger partial charge in [0, 0.05) is 23.8 Å². The van der Waals surface area contributed by atoms with Crippen LogP contribution in [0.4, 0.5) is 8.78 Å². The molecule has 1 atom stereocenters. The molecule has 0 fully saturated rings. The van der Waals surface area contributed by atoms with Gasteiger partial charge in [-0.3, -0.25) is 4.79 Å². The van der Waals surface area contributed by atoms with Crippen molar-refractivity contribution in [2.45, 2.75) is 25.5 Å². The quantitative estimate of drug-likeness (QED) is 0.921. The van der Waals surface area contributed by atoms with Gasteiger partial charge in [-0.05, 0) is 19.1 Å². The highest BCUT2D eigenvalue weighted by molar-refractivity contribution is 5.98. The Morgan fingerprint density at radius 2 is 1.86 bits per heavy atom. The van der Waals surface area contributed by atoms with Crippen LogP contribution in [0, 0.1) is 0 Å². The molecule has 1 amide bonds. The maximum absolute atomic E-state index is 13.1. The molecule has 0 aromatic heterocycles. The van der Waals surface area contributed by atoms with E-state index in [0.717, 1.165) is 0 Å². The number of carbonyl (C=O) groups excluding carboxylic acids is 1. The van der Waals surface area contributed by atoms with Gasteiger partial charge in [-0.2, -0.15) is 10.1 Å². The van der Waals surface area contributed by atoms with Crippen molar-refractivity contribution in [2.24, 2.45) is 5.10 Å². The SMILES string of the molecule is COc1cc(OC)cc(C(=O)N2N=C(C)C[C@]2(O)C(F)F)c1. The van der Waals surface area contributed by atoms with E-state index in [9.17, 15) is 18.7 Å². The fourth-order valence-corrected chi connectivity index (χ4v) is 2.19. The lowest BCUT2D eigenvalue weighted by atomic mass is 10.1. The van der Waals surface area contributed by atoms with Crippen LogP contribution in [0.25, 0.3) is 0 Å². The van der Waals surface area contributed by atoms with E-state index in [2.05, 4.69) is 5.10 Å². The predicted molar refractivity (Wildman–Crippen MR) is 74.4 cm³/mol. The van der Waals surface area contributed by atoms with Gasteiger partial charge in [0.25, 0.3) is 12.3 Å². The predicted octanol–water partition coefficient (Wildman–Crippen LogP) is 1.88. The van der Waals surface area contributed by atoms with E-state index < -0.39 is 24.5 Å². The number of carbonyl (C=O) groups is 1. The van der Waals surface area contributed by atoms with Crippen molar-refractivity contribution < 1.29 is 28.2 Å². The van der Waals surface area contributed by atoms with Crippen LogP contribution in [-0.2, 0) is 0 Å². The molecule has 0 bridgehead atoms. The molecule has 0 spiro atoms. The summed E-state index contributed by atoms with van der Waals surface area (Å²) in [6.07, 6.45) is -3.55. The third-order valence-electron chi connectivity index (χ3n) is 3.29. The molecule has 22 heavy (non-hydrogen) atoms. The van der Waals surface area contributed by atoms with E-state index in [4.69, 9.17) is 9.47 Å². The summed E-state index contributed by atoms with van der Waals surface area (Å²) in [6.45, 7) is 1.47. The summed E-state index contributed by atoms with van der Waals surface area (Å²) in [7, 11) is 2.80. The van der Waals surface area contributed by atoms with Crippen LogP contribution in [-0.4, -0.2) is 48.1 Å². The molecule has 0 radical (unpaired) electrons. The summed E-state index contributed by atoms with van der Waals surface area (Å²) in [6, 6.07) is 4.26. The fraction of sp³-hybridized carbons (Fsp3) is 0.429. The number of hydrazone groups is 1. The fourth-order valence-electron chi connectivity index (χ4n) is 2.19. The lowest BCUT2D eigenvalue weighted by molar-refractivity contribution is -0.164. The highest BCUT2D eigenvalue weighted by Crippen LogP contribution is 2.33. The van der Waals surface area contributed by atoms with Crippen LogP contribution in [0.5, 0.6) is 11.5 Å². The monoisotopic (exact) mass is 314 g/mol. The third kappa shape index (κ3) is 2.74. The van der Waals surface area contributed by atoms with E-state index in [1.54, 1.807) is 0 Å². The molecule has 120 valence electrons. The number of benzene rings is 1. The van der Waals surface area contributed by atoms with Gasteiger partial charge in [0.15, 0.2) is 0 Å². The van der Waals surface area contributed by atoms with E-state index in [-0.39, 0.29) is 11.3 Å². The summed E-state index contributed by atoms with van der Waals surface area (Å²) in [5.74, 6) is -0.219. The first kappa shape index (κ1) is 16.2. The Kier molecular flexibility index (Phi) is 4.32. The number of aliphatic hydroxyl groups is 1. The first-order valence-corrected chi connectivity index (χ1v) is 6.44. The van der Waals surface area contributed by atoms with Gasteiger partial charge in [0.2, 0.25) is 5.72 Å². The van der Waals surface area contributed by atoms with Crippen molar-refractivity contribution in [1.29, 1.82) is 0 Å². The Morgan fingerprint density at radius 1 is 1.32 bits per heavy atom. The zero-order chi connectivity index (χ0) is 16.5. The Bertz CT molecular complexity index is 599. The van der Waals surface area contributed by atoms with E-state index in [1.807, 2.05) is 0 Å². The largest absolute Gasteiger partial charge is 0.497 e. The second kappa shape index (κ2) is 5.88. The Balaban J connectivity index is 2.42.